The van der Waals surface area contributed by atoms with E-state index in [2.05, 4.69) is 109 Å². The number of piperidine rings is 1. The van der Waals surface area contributed by atoms with Crippen LogP contribution in [0.5, 0.6) is 5.75 Å². The molecule has 0 saturated carbocycles. The van der Waals surface area contributed by atoms with Crippen molar-refractivity contribution in [3.63, 3.8) is 0 Å². The second-order valence-electron chi connectivity index (χ2n) is 19.9. The number of aromatic nitrogens is 2. The third kappa shape index (κ3) is 23.0. The molecule has 1 amide bonds. The van der Waals surface area contributed by atoms with E-state index in [4.69, 9.17) is 40.3 Å². The van der Waals surface area contributed by atoms with E-state index in [9.17, 15) is 14.4 Å². The van der Waals surface area contributed by atoms with Crippen molar-refractivity contribution in [3.8, 4) is 16.9 Å². The fourth-order valence-electron chi connectivity index (χ4n) is 7.86. The number of benzene rings is 2. The van der Waals surface area contributed by atoms with Crippen molar-refractivity contribution in [2.45, 2.75) is 117 Å². The molecule has 3 aromatic heterocycles. The Morgan fingerprint density at radius 1 is 0.962 bits per heavy atom. The minimum atomic E-state index is -0.517. The van der Waals surface area contributed by atoms with E-state index >= 15 is 0 Å². The van der Waals surface area contributed by atoms with Crippen molar-refractivity contribution in [2.75, 3.05) is 78.9 Å². The highest BCUT2D eigenvalue weighted by Gasteiger charge is 2.23. The van der Waals surface area contributed by atoms with Gasteiger partial charge in [-0.1, -0.05) is 58.4 Å². The summed E-state index contributed by atoms with van der Waals surface area (Å²) < 4.78 is 37.0. The summed E-state index contributed by atoms with van der Waals surface area (Å²) in [5.74, 6) is 0.221. The summed E-state index contributed by atoms with van der Waals surface area (Å²) in [5.41, 5.74) is 8.06. The molecule has 426 valence electrons. The quantitative estimate of drug-likeness (QED) is 0.00841. The Bertz CT molecular complexity index is 2650. The van der Waals surface area contributed by atoms with Gasteiger partial charge in [-0.15, -0.1) is 11.3 Å². The average Bonchev–Trinajstić information content (AvgIpc) is 3.96. The maximum absolute atomic E-state index is 13.0. The monoisotopic (exact) mass is 1130 g/mol. The molecule has 2 N–H and O–H groups in total. The van der Waals surface area contributed by atoms with Gasteiger partial charge in [-0.2, -0.15) is 15.3 Å². The summed E-state index contributed by atoms with van der Waals surface area (Å²) in [6.07, 6.45) is 9.45. The number of amides is 1. The van der Waals surface area contributed by atoms with Crippen LogP contribution in [-0.2, 0) is 44.5 Å². The molecule has 1 fully saturated rings. The number of hydrogen-bond donors (Lipinski definition) is 2. The Morgan fingerprint density at radius 2 is 1.65 bits per heavy atom. The number of unbranched alkanes of at least 4 members (excludes halogenated alkanes) is 2. The van der Waals surface area contributed by atoms with Crippen LogP contribution < -0.4 is 15.4 Å². The van der Waals surface area contributed by atoms with Crippen LogP contribution in [0, 0.1) is 19.3 Å². The van der Waals surface area contributed by atoms with Gasteiger partial charge in [-0.3, -0.25) is 19.4 Å². The van der Waals surface area contributed by atoms with Crippen LogP contribution in [0.15, 0.2) is 87.1 Å². The number of methoxy groups -OCH3 is 1. The highest BCUT2D eigenvalue weighted by Crippen LogP contribution is 2.39. The van der Waals surface area contributed by atoms with Crippen LogP contribution in [0.25, 0.3) is 16.6 Å². The number of pyridine rings is 1. The number of carbonyl (C=O) groups excluding carboxylic acids is 3. The maximum atomic E-state index is 13.0. The Morgan fingerprint density at radius 3 is 2.31 bits per heavy atom. The zero-order valence-corrected chi connectivity index (χ0v) is 49.5. The third-order valence-electron chi connectivity index (χ3n) is 11.9. The summed E-state index contributed by atoms with van der Waals surface area (Å²) in [6, 6.07) is 17.7. The van der Waals surface area contributed by atoms with Gasteiger partial charge in [0, 0.05) is 97.9 Å². The molecular weight excluding hydrogens is 1050 g/mol. The summed E-state index contributed by atoms with van der Waals surface area (Å²) in [7, 11) is 3.70. The van der Waals surface area contributed by atoms with Crippen molar-refractivity contribution in [3.05, 3.63) is 99.1 Å². The highest BCUT2D eigenvalue weighted by molar-refractivity contribution is 7.97. The Labute approximate surface area is 475 Å². The summed E-state index contributed by atoms with van der Waals surface area (Å²) in [6.45, 7) is 25.6. The SMILES string of the molecule is C=NN=C.CC(C)(C)C.CC[C@H](CC(=O)NCCOCCOCCCCCOc1ccc(-c2ccn3ncc(CC(=O)OCOC=O)c3c2)c(SN2CCC(OC)CC2)c1)N=C(c1ccc(Cl)cc1)c1c(NC)sc(C)c1C. The molecule has 1 aliphatic rings. The van der Waals surface area contributed by atoms with E-state index < -0.39 is 12.8 Å². The van der Waals surface area contributed by atoms with Gasteiger partial charge in [0.1, 0.15) is 5.75 Å². The molecule has 1 aliphatic heterocycles. The molecule has 17 nitrogen and oxygen atoms in total. The fourth-order valence-corrected chi connectivity index (χ4v) is 10.1. The molecule has 0 unspecified atom stereocenters. The van der Waals surface area contributed by atoms with Crippen LogP contribution in [0.4, 0.5) is 5.00 Å². The molecule has 0 aliphatic carbocycles. The zero-order valence-electron chi connectivity index (χ0n) is 47.1. The van der Waals surface area contributed by atoms with E-state index in [0.717, 1.165) is 94.3 Å². The van der Waals surface area contributed by atoms with Crippen molar-refractivity contribution >= 4 is 82.9 Å². The molecule has 6 rings (SSSR count). The van der Waals surface area contributed by atoms with Crippen LogP contribution in [-0.4, -0.2) is 137 Å². The van der Waals surface area contributed by atoms with E-state index in [1.165, 1.54) is 10.4 Å². The Hall–Kier alpha value is -5.67. The predicted octanol–water partition coefficient (Wildman–Crippen LogP) is 11.5. The Balaban J connectivity index is 0.00000135. The van der Waals surface area contributed by atoms with Crippen molar-refractivity contribution in [1.82, 2.24) is 19.2 Å². The number of anilines is 1. The second-order valence-corrected chi connectivity index (χ2v) is 22.7. The van der Waals surface area contributed by atoms with E-state index in [0.29, 0.717) is 62.0 Å². The predicted molar refractivity (Wildman–Crippen MR) is 317 cm³/mol. The van der Waals surface area contributed by atoms with Gasteiger partial charge >= 0.3 is 5.97 Å². The van der Waals surface area contributed by atoms with Gasteiger partial charge in [0.15, 0.2) is 0 Å². The second kappa shape index (κ2) is 35.1. The topological polar surface area (TPSA) is 188 Å². The first-order valence-corrected chi connectivity index (χ1v) is 28.3. The molecule has 4 heterocycles. The van der Waals surface area contributed by atoms with Gasteiger partial charge in [0.25, 0.3) is 6.47 Å². The van der Waals surface area contributed by atoms with Gasteiger partial charge < -0.3 is 39.1 Å². The summed E-state index contributed by atoms with van der Waals surface area (Å²) in [4.78, 5) is 43.3. The van der Waals surface area contributed by atoms with Crippen LogP contribution in [0.1, 0.15) is 107 Å². The molecule has 1 atom stereocenters. The first-order valence-electron chi connectivity index (χ1n) is 26.4. The molecule has 1 saturated heterocycles. The van der Waals surface area contributed by atoms with Gasteiger partial charge in [-0.25, -0.2) is 8.82 Å². The molecule has 0 bridgehead atoms. The Kier molecular flexibility index (Phi) is 29.1. The number of aryl methyl sites for hydroxylation is 1. The fraction of sp³-hybridized carbons (Fsp3) is 0.500. The lowest BCUT2D eigenvalue weighted by molar-refractivity contribution is -0.159. The largest absolute Gasteiger partial charge is 0.494 e. The molecule has 2 aromatic carbocycles. The lowest BCUT2D eigenvalue weighted by Crippen LogP contribution is -2.32. The molecule has 5 aromatic rings. The smallest absolute Gasteiger partial charge is 0.313 e. The number of aliphatic imine (C=N–C) groups is 1. The van der Waals surface area contributed by atoms with E-state index in [1.54, 1.807) is 41.1 Å². The molecule has 78 heavy (non-hydrogen) atoms. The highest BCUT2D eigenvalue weighted by atomic mass is 35.5. The van der Waals surface area contributed by atoms with Gasteiger partial charge in [-0.05, 0) is 129 Å². The number of rotatable bonds is 30. The molecular formula is C58H81ClN8O9S2. The number of thiophene rings is 1. The first kappa shape index (κ1) is 64.9. The first-order chi connectivity index (χ1) is 37.5. The number of ether oxygens (including phenoxy) is 6. The number of esters is 1. The van der Waals surface area contributed by atoms with Gasteiger partial charge in [0.2, 0.25) is 12.7 Å². The maximum Gasteiger partial charge on any atom is 0.313 e. The molecule has 0 radical (unpaired) electrons. The third-order valence-corrected chi connectivity index (χ3v) is 14.6. The van der Waals surface area contributed by atoms with E-state index in [-0.39, 0.29) is 37.4 Å². The van der Waals surface area contributed by atoms with Crippen molar-refractivity contribution in [1.29, 1.82) is 0 Å². The zero-order chi connectivity index (χ0) is 56.9. The lowest BCUT2D eigenvalue weighted by Gasteiger charge is -2.30. The average molecular weight is 1130 g/mol. The number of carbonyl (C=O) groups is 3. The van der Waals surface area contributed by atoms with Crippen LogP contribution >= 0.6 is 34.9 Å². The van der Waals surface area contributed by atoms with Crippen molar-refractivity contribution in [2.24, 2.45) is 20.6 Å². The van der Waals surface area contributed by atoms with E-state index in [1.807, 2.05) is 55.7 Å². The minimum absolute atomic E-state index is 0.0115. The lowest BCUT2D eigenvalue weighted by atomic mass is 9.99. The van der Waals surface area contributed by atoms with Crippen LogP contribution in [0.3, 0.4) is 0 Å². The van der Waals surface area contributed by atoms with Crippen molar-refractivity contribution < 1.29 is 42.8 Å². The number of hydrogen-bond acceptors (Lipinski definition) is 17. The van der Waals surface area contributed by atoms with Crippen LogP contribution in [0.2, 0.25) is 5.02 Å². The molecule has 20 heteroatoms. The standard InChI is InChI=1S/C51H65ClN6O9S2.C5H12.C2H4N2/c1-6-41(56-50(37-10-12-40(52)13-11-37)49-35(2)36(3)68-51(49)53-4)30-47(60)54-19-25-64-27-26-63-23-8-7-9-24-66-43-14-15-44(46(31-43)69-57-20-17-42(62-5)18-21-57)38-16-22-58-45(28-38)39(32-55-58)29-48(61)67-34-65-33-59;1-5(2,3)4;1-3-4-2/h10-16,22,28,31-33,41-42,53H,6-9,17-21,23-27,29-30,34H2,1-5H3,(H,54,60);1-4H3;1-2H2/t41-;;/m1../s1. The molecule has 0 spiro atoms. The van der Waals surface area contributed by atoms with Gasteiger partial charge in [0.05, 0.1) is 67.4 Å². The number of nitrogens with zero attached hydrogens (tertiary/aromatic N) is 6. The number of fused-ring (bicyclic) bond motifs is 1. The summed E-state index contributed by atoms with van der Waals surface area (Å²) >= 11 is 9.65. The normalized spacial score (nSPS) is 13.3. The number of nitrogens with one attached hydrogen (secondary N) is 2. The minimum Gasteiger partial charge on any atom is -0.494 e. The number of halogens is 1. The summed E-state index contributed by atoms with van der Waals surface area (Å²) in [5, 5.41) is 18.5.